The molecule has 156 valence electrons. The summed E-state index contributed by atoms with van der Waals surface area (Å²) in [5, 5.41) is 11.1. The summed E-state index contributed by atoms with van der Waals surface area (Å²) in [7, 11) is 0. The monoisotopic (exact) mass is 406 g/mol. The molecule has 3 rings (SSSR count). The maximum absolute atomic E-state index is 12.4. The van der Waals surface area contributed by atoms with Gasteiger partial charge >= 0.3 is 0 Å². The van der Waals surface area contributed by atoms with E-state index in [0.717, 1.165) is 23.3 Å². The van der Waals surface area contributed by atoms with Gasteiger partial charge in [-0.25, -0.2) is 0 Å². The summed E-state index contributed by atoms with van der Waals surface area (Å²) in [6.07, 6.45) is 1.32. The molecule has 0 aliphatic rings. The Morgan fingerprint density at radius 3 is 2.50 bits per heavy atom. The number of aromatic amines is 1. The summed E-state index contributed by atoms with van der Waals surface area (Å²) in [4.78, 5) is 27.3. The van der Waals surface area contributed by atoms with Crippen molar-refractivity contribution < 1.29 is 9.53 Å². The number of hydrogen-bond acceptors (Lipinski definition) is 5. The molecule has 0 aliphatic carbocycles. The van der Waals surface area contributed by atoms with Gasteiger partial charge in [0.05, 0.1) is 12.6 Å². The van der Waals surface area contributed by atoms with Crippen LogP contribution in [0.4, 0.5) is 0 Å². The Balaban J connectivity index is 1.57. The Labute approximate surface area is 175 Å². The molecule has 2 aromatic carbocycles. The second-order valence-electron chi connectivity index (χ2n) is 7.02. The van der Waals surface area contributed by atoms with E-state index in [-0.39, 0.29) is 36.0 Å². The molecule has 3 aromatic rings. The number of hydrogen-bond donors (Lipinski definition) is 2. The molecule has 1 amide bonds. The van der Waals surface area contributed by atoms with Crippen LogP contribution in [0.25, 0.3) is 11.4 Å². The van der Waals surface area contributed by atoms with Crippen LogP contribution in [-0.4, -0.2) is 27.7 Å². The van der Waals surface area contributed by atoms with Gasteiger partial charge in [-0.3, -0.25) is 9.59 Å². The number of carbonyl (C=O) groups is 1. The fraction of sp³-hybridized carbons (Fsp3) is 0.304. The minimum Gasteiger partial charge on any atom is -0.494 e. The van der Waals surface area contributed by atoms with Gasteiger partial charge in [0.25, 0.3) is 5.56 Å². The van der Waals surface area contributed by atoms with Crippen molar-refractivity contribution in [2.45, 2.75) is 39.2 Å². The zero-order valence-electron chi connectivity index (χ0n) is 17.2. The van der Waals surface area contributed by atoms with Crippen LogP contribution in [0, 0.1) is 0 Å². The van der Waals surface area contributed by atoms with Crippen molar-refractivity contribution in [2.24, 2.45) is 0 Å². The number of nitrogens with one attached hydrogen (secondary N) is 2. The van der Waals surface area contributed by atoms with E-state index < -0.39 is 0 Å². The van der Waals surface area contributed by atoms with Gasteiger partial charge in [0.1, 0.15) is 11.4 Å². The summed E-state index contributed by atoms with van der Waals surface area (Å²) in [6, 6.07) is 16.9. The third-order valence-corrected chi connectivity index (χ3v) is 4.63. The summed E-state index contributed by atoms with van der Waals surface area (Å²) >= 11 is 0. The Morgan fingerprint density at radius 1 is 1.10 bits per heavy atom. The van der Waals surface area contributed by atoms with Gasteiger partial charge in [-0.1, -0.05) is 37.3 Å². The molecule has 0 aliphatic heterocycles. The first kappa shape index (κ1) is 21.2. The second kappa shape index (κ2) is 10.3. The topological polar surface area (TPSA) is 97.0 Å². The maximum Gasteiger partial charge on any atom is 0.273 e. The summed E-state index contributed by atoms with van der Waals surface area (Å²) in [5.41, 5.74) is 1.67. The lowest BCUT2D eigenvalue weighted by Crippen LogP contribution is -2.28. The zero-order valence-corrected chi connectivity index (χ0v) is 17.2. The average molecular weight is 406 g/mol. The number of carbonyl (C=O) groups excluding carboxylic acids is 1. The minimum atomic E-state index is -0.338. The van der Waals surface area contributed by atoms with E-state index >= 15 is 0 Å². The van der Waals surface area contributed by atoms with E-state index in [1.165, 1.54) is 0 Å². The van der Waals surface area contributed by atoms with Crippen molar-refractivity contribution in [1.29, 1.82) is 0 Å². The van der Waals surface area contributed by atoms with Crippen molar-refractivity contribution >= 4 is 5.91 Å². The minimum absolute atomic E-state index is 0.102. The van der Waals surface area contributed by atoms with Crippen molar-refractivity contribution in [3.8, 4) is 17.1 Å². The van der Waals surface area contributed by atoms with Gasteiger partial charge in [-0.15, -0.1) is 10.2 Å². The van der Waals surface area contributed by atoms with E-state index in [0.29, 0.717) is 12.4 Å². The number of benzene rings is 2. The molecule has 1 aromatic heterocycles. The number of amides is 1. The van der Waals surface area contributed by atoms with E-state index in [2.05, 4.69) is 20.5 Å². The normalized spacial score (nSPS) is 11.7. The SMILES string of the molecule is CCCOc1ccc(-c2nnc(CCC(=O)N[C@H](C)c3ccccc3)c(=O)[nH]2)cc1. The molecular weight excluding hydrogens is 380 g/mol. The first-order chi connectivity index (χ1) is 14.6. The van der Waals surface area contributed by atoms with E-state index in [4.69, 9.17) is 4.74 Å². The first-order valence-electron chi connectivity index (χ1n) is 10.1. The highest BCUT2D eigenvalue weighted by Gasteiger charge is 2.12. The van der Waals surface area contributed by atoms with Crippen molar-refractivity contribution in [3.63, 3.8) is 0 Å². The van der Waals surface area contributed by atoms with Gasteiger partial charge in [0, 0.05) is 18.4 Å². The average Bonchev–Trinajstić information content (AvgIpc) is 2.77. The molecule has 0 saturated carbocycles. The van der Waals surface area contributed by atoms with Crippen LogP contribution in [-0.2, 0) is 11.2 Å². The Kier molecular flexibility index (Phi) is 7.32. The van der Waals surface area contributed by atoms with Crippen LogP contribution in [0.15, 0.2) is 59.4 Å². The third-order valence-electron chi connectivity index (χ3n) is 4.63. The fourth-order valence-electron chi connectivity index (χ4n) is 2.95. The van der Waals surface area contributed by atoms with Crippen molar-refractivity contribution in [2.75, 3.05) is 6.61 Å². The lowest BCUT2D eigenvalue weighted by atomic mass is 10.1. The molecule has 1 heterocycles. The smallest absolute Gasteiger partial charge is 0.273 e. The van der Waals surface area contributed by atoms with Gasteiger partial charge in [0.15, 0.2) is 5.82 Å². The van der Waals surface area contributed by atoms with Gasteiger partial charge in [-0.05, 0) is 43.2 Å². The molecule has 1 atom stereocenters. The summed E-state index contributed by atoms with van der Waals surface area (Å²) in [6.45, 7) is 4.62. The predicted molar refractivity (Wildman–Crippen MR) is 115 cm³/mol. The molecular formula is C23H26N4O3. The standard InChI is InChI=1S/C23H26N4O3/c1-3-15-30-19-11-9-18(10-12-19)22-25-23(29)20(26-27-22)13-14-21(28)24-16(2)17-7-5-4-6-8-17/h4-12,16H,3,13-15H2,1-2H3,(H,24,28)(H,25,27,29)/t16-/m1/s1. The summed E-state index contributed by atoms with van der Waals surface area (Å²) in [5.74, 6) is 1.01. The molecule has 0 spiro atoms. The van der Waals surface area contributed by atoms with Crippen LogP contribution in [0.2, 0.25) is 0 Å². The summed E-state index contributed by atoms with van der Waals surface area (Å²) < 4.78 is 5.55. The fourth-order valence-corrected chi connectivity index (χ4v) is 2.95. The van der Waals surface area contributed by atoms with Gasteiger partial charge in [0.2, 0.25) is 5.91 Å². The molecule has 0 unspecified atom stereocenters. The lowest BCUT2D eigenvalue weighted by Gasteiger charge is -2.14. The van der Waals surface area contributed by atoms with E-state index in [9.17, 15) is 9.59 Å². The molecule has 2 N–H and O–H groups in total. The van der Waals surface area contributed by atoms with Crippen LogP contribution in [0.1, 0.15) is 44.0 Å². The quantitative estimate of drug-likeness (QED) is 0.567. The van der Waals surface area contributed by atoms with E-state index in [1.807, 2.05) is 68.4 Å². The predicted octanol–water partition coefficient (Wildman–Crippen LogP) is 3.43. The number of aryl methyl sites for hydroxylation is 1. The molecule has 0 bridgehead atoms. The first-order valence-corrected chi connectivity index (χ1v) is 10.1. The third kappa shape index (κ3) is 5.76. The number of nitrogens with zero attached hydrogens (tertiary/aromatic N) is 2. The van der Waals surface area contributed by atoms with Crippen LogP contribution in [0.5, 0.6) is 5.75 Å². The number of ether oxygens (including phenoxy) is 1. The number of rotatable bonds is 9. The maximum atomic E-state index is 12.4. The van der Waals surface area contributed by atoms with Crippen molar-refractivity contribution in [3.05, 3.63) is 76.2 Å². The largest absolute Gasteiger partial charge is 0.494 e. The van der Waals surface area contributed by atoms with Crippen molar-refractivity contribution in [1.82, 2.24) is 20.5 Å². The van der Waals surface area contributed by atoms with Crippen LogP contribution >= 0.6 is 0 Å². The molecule has 0 saturated heterocycles. The van der Waals surface area contributed by atoms with Crippen LogP contribution < -0.4 is 15.6 Å². The zero-order chi connectivity index (χ0) is 21.3. The molecule has 30 heavy (non-hydrogen) atoms. The number of H-pyrrole nitrogens is 1. The highest BCUT2D eigenvalue weighted by Crippen LogP contribution is 2.18. The van der Waals surface area contributed by atoms with Gasteiger partial charge < -0.3 is 15.0 Å². The highest BCUT2D eigenvalue weighted by atomic mass is 16.5. The van der Waals surface area contributed by atoms with E-state index in [1.54, 1.807) is 0 Å². The van der Waals surface area contributed by atoms with Gasteiger partial charge in [-0.2, -0.15) is 0 Å². The molecule has 7 heteroatoms. The molecule has 0 fully saturated rings. The lowest BCUT2D eigenvalue weighted by molar-refractivity contribution is -0.121. The highest BCUT2D eigenvalue weighted by molar-refractivity contribution is 5.76. The molecule has 0 radical (unpaired) electrons. The Morgan fingerprint density at radius 2 is 1.83 bits per heavy atom. The Bertz CT molecular complexity index is 1020. The Hall–Kier alpha value is -3.48. The second-order valence-corrected chi connectivity index (χ2v) is 7.02. The van der Waals surface area contributed by atoms with Crippen LogP contribution in [0.3, 0.4) is 0 Å². The number of aromatic nitrogens is 3. The molecule has 7 nitrogen and oxygen atoms in total.